The number of rotatable bonds is 17. The Hall–Kier alpha value is -4.30. The lowest BCUT2D eigenvalue weighted by Gasteiger charge is -2.25. The maximum atomic E-state index is 13.3. The van der Waals surface area contributed by atoms with Gasteiger partial charge in [0.25, 0.3) is 0 Å². The zero-order valence-electron chi connectivity index (χ0n) is 21.5. The largest absolute Gasteiger partial charge is 0.480 e. The lowest BCUT2D eigenvalue weighted by molar-refractivity contribution is -0.143. The third-order valence-electron chi connectivity index (χ3n) is 5.85. The Morgan fingerprint density at radius 3 is 2.13 bits per heavy atom. The molecule has 0 saturated carbocycles. The molecule has 212 valence electrons. The van der Waals surface area contributed by atoms with Crippen molar-refractivity contribution in [2.75, 3.05) is 6.54 Å². The second-order valence-electron chi connectivity index (χ2n) is 9.05. The molecule has 4 amide bonds. The van der Waals surface area contributed by atoms with Crippen LogP contribution in [0.4, 0.5) is 0 Å². The minimum Gasteiger partial charge on any atom is -0.480 e. The topological polar surface area (TPSA) is 248 Å². The molecule has 2 aromatic rings. The van der Waals surface area contributed by atoms with E-state index in [4.69, 9.17) is 17.2 Å². The van der Waals surface area contributed by atoms with Gasteiger partial charge in [0.2, 0.25) is 23.6 Å². The number of primary amides is 1. The number of aromatic amines is 1. The van der Waals surface area contributed by atoms with Crippen LogP contribution in [0.1, 0.15) is 36.9 Å². The van der Waals surface area contributed by atoms with Gasteiger partial charge in [-0.3, -0.25) is 19.2 Å². The molecule has 14 heteroatoms. The van der Waals surface area contributed by atoms with E-state index in [0.717, 1.165) is 0 Å². The van der Waals surface area contributed by atoms with Crippen LogP contribution in [-0.2, 0) is 36.8 Å². The number of carboxylic acids is 1. The Morgan fingerprint density at radius 1 is 0.897 bits per heavy atom. The van der Waals surface area contributed by atoms with Crippen LogP contribution in [0.2, 0.25) is 0 Å². The zero-order chi connectivity index (χ0) is 28.8. The van der Waals surface area contributed by atoms with Gasteiger partial charge in [0.1, 0.15) is 18.1 Å². The number of H-pyrrole nitrogens is 1. The Bertz CT molecular complexity index is 1100. The highest BCUT2D eigenvalue weighted by Gasteiger charge is 2.31. The summed E-state index contributed by atoms with van der Waals surface area (Å²) in [6, 6.07) is 3.94. The van der Waals surface area contributed by atoms with Crippen LogP contribution in [0.25, 0.3) is 0 Å². The van der Waals surface area contributed by atoms with Crippen molar-refractivity contribution in [1.82, 2.24) is 25.9 Å². The minimum atomic E-state index is -1.58. The van der Waals surface area contributed by atoms with E-state index in [1.165, 1.54) is 12.5 Å². The number of hydrogen-bond acceptors (Lipinski definition) is 8. The van der Waals surface area contributed by atoms with E-state index < -0.39 is 60.2 Å². The summed E-state index contributed by atoms with van der Waals surface area (Å²) in [5, 5.41) is 16.9. The molecule has 0 aliphatic carbocycles. The number of nitrogens with zero attached hydrogens (tertiary/aromatic N) is 1. The molecule has 1 heterocycles. The van der Waals surface area contributed by atoms with Gasteiger partial charge in [0, 0.05) is 24.7 Å². The van der Waals surface area contributed by atoms with E-state index in [1.807, 2.05) is 0 Å². The van der Waals surface area contributed by atoms with Crippen molar-refractivity contribution in [2.45, 2.75) is 62.7 Å². The molecule has 1 aromatic heterocycles. The number of aliphatic carboxylic acids is 1. The van der Waals surface area contributed by atoms with Gasteiger partial charge < -0.3 is 43.2 Å². The van der Waals surface area contributed by atoms with Crippen LogP contribution < -0.4 is 33.2 Å². The Balaban J connectivity index is 2.20. The van der Waals surface area contributed by atoms with Gasteiger partial charge in [-0.1, -0.05) is 30.3 Å². The quantitative estimate of drug-likeness (QED) is 0.103. The van der Waals surface area contributed by atoms with Gasteiger partial charge in [0.15, 0.2) is 0 Å². The number of imidazole rings is 1. The molecule has 0 aliphatic rings. The van der Waals surface area contributed by atoms with Gasteiger partial charge in [-0.05, 0) is 31.4 Å². The molecule has 0 spiro atoms. The average molecular weight is 545 g/mol. The predicted molar refractivity (Wildman–Crippen MR) is 141 cm³/mol. The molecular formula is C25H36N8O6. The van der Waals surface area contributed by atoms with E-state index in [1.54, 1.807) is 30.3 Å². The Labute approximate surface area is 225 Å². The maximum absolute atomic E-state index is 13.3. The number of benzene rings is 1. The smallest absolute Gasteiger partial charge is 0.326 e. The number of hydrogen-bond donors (Lipinski definition) is 8. The van der Waals surface area contributed by atoms with Gasteiger partial charge in [-0.2, -0.15) is 0 Å². The molecule has 1 aromatic carbocycles. The van der Waals surface area contributed by atoms with E-state index >= 15 is 0 Å². The summed E-state index contributed by atoms with van der Waals surface area (Å²) in [7, 11) is 0. The normalized spacial score (nSPS) is 13.9. The van der Waals surface area contributed by atoms with Crippen molar-refractivity contribution in [3.05, 3.63) is 54.1 Å². The highest BCUT2D eigenvalue weighted by atomic mass is 16.4. The van der Waals surface area contributed by atoms with Gasteiger partial charge in [0.05, 0.1) is 18.8 Å². The molecule has 0 saturated heterocycles. The first-order chi connectivity index (χ1) is 18.6. The number of unbranched alkanes of at least 4 members (excludes halogenated alkanes) is 1. The van der Waals surface area contributed by atoms with Crippen molar-refractivity contribution in [3.63, 3.8) is 0 Å². The number of carbonyl (C=O) groups excluding carboxylic acids is 4. The predicted octanol–water partition coefficient (Wildman–Crippen LogP) is -1.93. The Kier molecular flexibility index (Phi) is 12.6. The van der Waals surface area contributed by atoms with Crippen LogP contribution >= 0.6 is 0 Å². The summed E-state index contributed by atoms with van der Waals surface area (Å²) in [5.74, 6) is -4.43. The molecule has 39 heavy (non-hydrogen) atoms. The SMILES string of the molecule is NCCCCC(NC(=O)C(N)Cc1cnc[nH]1)C(=O)NC(Cc1ccccc1)C(=O)NC(CC(N)=O)C(=O)O. The summed E-state index contributed by atoms with van der Waals surface area (Å²) in [4.78, 5) is 68.8. The number of amides is 4. The first-order valence-electron chi connectivity index (χ1n) is 12.5. The highest BCUT2D eigenvalue weighted by molar-refractivity contribution is 5.95. The molecule has 11 N–H and O–H groups in total. The number of carbonyl (C=O) groups is 5. The second kappa shape index (κ2) is 15.8. The van der Waals surface area contributed by atoms with Crippen LogP contribution in [0.5, 0.6) is 0 Å². The first-order valence-corrected chi connectivity index (χ1v) is 12.5. The van der Waals surface area contributed by atoms with Crippen molar-refractivity contribution in [2.24, 2.45) is 17.2 Å². The summed E-state index contributed by atoms with van der Waals surface area (Å²) >= 11 is 0. The third kappa shape index (κ3) is 10.9. The fraction of sp³-hybridized carbons (Fsp3) is 0.440. The van der Waals surface area contributed by atoms with Crippen LogP contribution in [0.15, 0.2) is 42.9 Å². The second-order valence-corrected chi connectivity index (χ2v) is 9.05. The van der Waals surface area contributed by atoms with Gasteiger partial charge >= 0.3 is 5.97 Å². The van der Waals surface area contributed by atoms with Crippen molar-refractivity contribution in [1.29, 1.82) is 0 Å². The fourth-order valence-corrected chi connectivity index (χ4v) is 3.77. The monoisotopic (exact) mass is 544 g/mol. The summed E-state index contributed by atoms with van der Waals surface area (Å²) in [6.07, 6.45) is 3.89. The van der Waals surface area contributed by atoms with Crippen molar-refractivity contribution in [3.8, 4) is 0 Å². The molecule has 0 aliphatic heterocycles. The van der Waals surface area contributed by atoms with E-state index in [9.17, 15) is 29.1 Å². The Morgan fingerprint density at radius 2 is 1.54 bits per heavy atom. The summed E-state index contributed by atoms with van der Waals surface area (Å²) < 4.78 is 0. The molecule has 14 nitrogen and oxygen atoms in total. The van der Waals surface area contributed by atoms with Crippen molar-refractivity contribution < 1.29 is 29.1 Å². The maximum Gasteiger partial charge on any atom is 0.326 e. The zero-order valence-corrected chi connectivity index (χ0v) is 21.5. The minimum absolute atomic E-state index is 0.0180. The first kappa shape index (κ1) is 30.9. The van der Waals surface area contributed by atoms with Crippen LogP contribution in [0.3, 0.4) is 0 Å². The van der Waals surface area contributed by atoms with E-state index in [-0.39, 0.29) is 19.3 Å². The molecular weight excluding hydrogens is 508 g/mol. The number of aromatic nitrogens is 2. The molecule has 4 atom stereocenters. The summed E-state index contributed by atoms with van der Waals surface area (Å²) in [6.45, 7) is 0.386. The third-order valence-corrected chi connectivity index (χ3v) is 5.85. The van der Waals surface area contributed by atoms with Crippen LogP contribution in [-0.4, -0.2) is 75.4 Å². The molecule has 0 fully saturated rings. The lowest BCUT2D eigenvalue weighted by atomic mass is 10.0. The summed E-state index contributed by atoms with van der Waals surface area (Å²) in [5.41, 5.74) is 18.0. The molecule has 4 unspecified atom stereocenters. The van der Waals surface area contributed by atoms with Crippen molar-refractivity contribution >= 4 is 29.6 Å². The molecule has 0 bridgehead atoms. The van der Waals surface area contributed by atoms with Crippen LogP contribution in [0, 0.1) is 0 Å². The number of nitrogens with two attached hydrogens (primary N) is 3. The molecule has 0 radical (unpaired) electrons. The molecule has 2 rings (SSSR count). The van der Waals surface area contributed by atoms with E-state index in [2.05, 4.69) is 25.9 Å². The van der Waals surface area contributed by atoms with E-state index in [0.29, 0.717) is 30.6 Å². The average Bonchev–Trinajstić information content (AvgIpc) is 3.40. The van der Waals surface area contributed by atoms with Gasteiger partial charge in [-0.15, -0.1) is 0 Å². The lowest BCUT2D eigenvalue weighted by Crippen LogP contribution is -2.58. The fourth-order valence-electron chi connectivity index (χ4n) is 3.77. The number of carboxylic acid groups (broad SMARTS) is 1. The standard InChI is InChI=1S/C25H36N8O6/c26-9-5-4-8-18(31-22(35)17(27)11-16-13-29-14-30-16)23(36)32-19(10-15-6-2-1-3-7-15)24(37)33-20(25(38)39)12-21(28)34/h1-3,6-7,13-14,17-20H,4-5,8-12,26-27H2,(H2,28,34)(H,29,30)(H,31,35)(H,32,36)(H,33,37)(H,38,39). The number of nitrogens with one attached hydrogen (secondary N) is 4. The highest BCUT2D eigenvalue weighted by Crippen LogP contribution is 2.08. The van der Waals surface area contributed by atoms with Gasteiger partial charge in [-0.25, -0.2) is 9.78 Å².